The van der Waals surface area contributed by atoms with Crippen molar-refractivity contribution in [3.63, 3.8) is 0 Å². The van der Waals surface area contributed by atoms with Crippen LogP contribution in [0.1, 0.15) is 11.6 Å². The minimum absolute atomic E-state index is 0.142. The smallest absolute Gasteiger partial charge is 0.242 e. The lowest BCUT2D eigenvalue weighted by atomic mass is 10.0. The van der Waals surface area contributed by atoms with Crippen LogP contribution in [0.2, 0.25) is 0 Å². The van der Waals surface area contributed by atoms with Crippen molar-refractivity contribution in [3.8, 4) is 0 Å². The number of hydrogen-bond donors (Lipinski definition) is 2. The SMILES string of the molecule is O=C(NCCN1CCNCC1)C(c1ccccc1)N1CCSCC1. The maximum Gasteiger partial charge on any atom is 0.242 e. The molecule has 2 fully saturated rings. The van der Waals surface area contributed by atoms with Crippen molar-refractivity contribution in [2.45, 2.75) is 6.04 Å². The predicted molar refractivity (Wildman–Crippen MR) is 100 cm³/mol. The van der Waals surface area contributed by atoms with Crippen molar-refractivity contribution in [2.24, 2.45) is 0 Å². The third kappa shape index (κ3) is 4.96. The Morgan fingerprint density at radius 1 is 1.12 bits per heavy atom. The molecule has 2 aliphatic rings. The molecule has 1 amide bonds. The van der Waals surface area contributed by atoms with E-state index < -0.39 is 0 Å². The van der Waals surface area contributed by atoms with Crippen molar-refractivity contribution in [3.05, 3.63) is 35.9 Å². The van der Waals surface area contributed by atoms with E-state index in [4.69, 9.17) is 0 Å². The molecule has 0 saturated carbocycles. The van der Waals surface area contributed by atoms with Gasteiger partial charge in [0.25, 0.3) is 0 Å². The predicted octanol–water partition coefficient (Wildman–Crippen LogP) is 0.798. The standard InChI is InChI=1S/C18H28N4OS/c23-18(20-8-11-21-9-6-19-7-10-21)17(16-4-2-1-3-5-16)22-12-14-24-15-13-22/h1-5,17,19H,6-15H2,(H,20,23). The summed E-state index contributed by atoms with van der Waals surface area (Å²) in [7, 11) is 0. The second-order valence-electron chi connectivity index (χ2n) is 6.34. The third-order valence-electron chi connectivity index (χ3n) is 4.71. The van der Waals surface area contributed by atoms with Gasteiger partial charge in [0.05, 0.1) is 0 Å². The number of benzene rings is 1. The van der Waals surface area contributed by atoms with Crippen LogP contribution in [0.15, 0.2) is 30.3 Å². The highest BCUT2D eigenvalue weighted by Crippen LogP contribution is 2.24. The van der Waals surface area contributed by atoms with Crippen LogP contribution in [0.3, 0.4) is 0 Å². The molecule has 3 rings (SSSR count). The lowest BCUT2D eigenvalue weighted by molar-refractivity contribution is -0.126. The number of carbonyl (C=O) groups is 1. The van der Waals surface area contributed by atoms with Crippen molar-refractivity contribution in [1.29, 1.82) is 0 Å². The summed E-state index contributed by atoms with van der Waals surface area (Å²) in [6.07, 6.45) is 0. The van der Waals surface area contributed by atoms with E-state index in [1.54, 1.807) is 0 Å². The Balaban J connectivity index is 1.58. The normalized spacial score (nSPS) is 21.3. The van der Waals surface area contributed by atoms with Gasteiger partial charge in [-0.2, -0.15) is 11.8 Å². The van der Waals surface area contributed by atoms with Crippen LogP contribution in [0, 0.1) is 0 Å². The van der Waals surface area contributed by atoms with Gasteiger partial charge in [-0.15, -0.1) is 0 Å². The zero-order valence-corrected chi connectivity index (χ0v) is 15.1. The molecule has 5 nitrogen and oxygen atoms in total. The Morgan fingerprint density at radius 3 is 2.54 bits per heavy atom. The van der Waals surface area contributed by atoms with Crippen LogP contribution < -0.4 is 10.6 Å². The van der Waals surface area contributed by atoms with Gasteiger partial charge in [0.1, 0.15) is 6.04 Å². The highest BCUT2D eigenvalue weighted by molar-refractivity contribution is 7.99. The molecule has 0 radical (unpaired) electrons. The highest BCUT2D eigenvalue weighted by Gasteiger charge is 2.28. The fraction of sp³-hybridized carbons (Fsp3) is 0.611. The molecular formula is C18H28N4OS. The largest absolute Gasteiger partial charge is 0.353 e. The molecule has 6 heteroatoms. The lowest BCUT2D eigenvalue weighted by Gasteiger charge is -2.34. The van der Waals surface area contributed by atoms with Gasteiger partial charge in [-0.3, -0.25) is 14.6 Å². The lowest BCUT2D eigenvalue weighted by Crippen LogP contribution is -2.48. The summed E-state index contributed by atoms with van der Waals surface area (Å²) in [4.78, 5) is 17.6. The summed E-state index contributed by atoms with van der Waals surface area (Å²) in [5.74, 6) is 2.36. The van der Waals surface area contributed by atoms with E-state index in [0.29, 0.717) is 0 Å². The third-order valence-corrected chi connectivity index (χ3v) is 5.65. The van der Waals surface area contributed by atoms with Crippen LogP contribution in [0.5, 0.6) is 0 Å². The number of carbonyl (C=O) groups excluding carboxylic acids is 1. The first-order valence-corrected chi connectivity index (χ1v) is 10.1. The minimum Gasteiger partial charge on any atom is -0.353 e. The summed E-state index contributed by atoms with van der Waals surface area (Å²) in [5.41, 5.74) is 1.10. The highest BCUT2D eigenvalue weighted by atomic mass is 32.2. The molecule has 1 aromatic rings. The monoisotopic (exact) mass is 348 g/mol. The maximum absolute atomic E-state index is 12.9. The summed E-state index contributed by atoms with van der Waals surface area (Å²) in [6, 6.07) is 10.0. The van der Waals surface area contributed by atoms with Gasteiger partial charge in [0.15, 0.2) is 0 Å². The Bertz CT molecular complexity index is 501. The first kappa shape index (κ1) is 17.7. The molecule has 0 aliphatic carbocycles. The Kier molecular flexibility index (Phi) is 6.96. The van der Waals surface area contributed by atoms with Crippen LogP contribution >= 0.6 is 11.8 Å². The Hall–Kier alpha value is -1.08. The summed E-state index contributed by atoms with van der Waals surface area (Å²) in [6.45, 7) is 7.86. The van der Waals surface area contributed by atoms with Gasteiger partial charge in [-0.25, -0.2) is 0 Å². The molecule has 132 valence electrons. The molecule has 0 spiro atoms. The summed E-state index contributed by atoms with van der Waals surface area (Å²) >= 11 is 1.97. The van der Waals surface area contributed by atoms with Gasteiger partial charge in [-0.05, 0) is 5.56 Å². The molecule has 2 aliphatic heterocycles. The molecule has 0 bridgehead atoms. The van der Waals surface area contributed by atoms with E-state index in [0.717, 1.165) is 69.4 Å². The summed E-state index contributed by atoms with van der Waals surface area (Å²) < 4.78 is 0. The second kappa shape index (κ2) is 9.42. The van der Waals surface area contributed by atoms with Crippen molar-refractivity contribution < 1.29 is 4.79 Å². The van der Waals surface area contributed by atoms with E-state index in [1.165, 1.54) is 0 Å². The van der Waals surface area contributed by atoms with E-state index in [-0.39, 0.29) is 11.9 Å². The molecule has 1 atom stereocenters. The van der Waals surface area contributed by atoms with Crippen molar-refractivity contribution >= 4 is 17.7 Å². The number of nitrogens with one attached hydrogen (secondary N) is 2. The zero-order chi connectivity index (χ0) is 16.6. The van der Waals surface area contributed by atoms with E-state index in [9.17, 15) is 4.79 Å². The molecule has 2 heterocycles. The quantitative estimate of drug-likeness (QED) is 0.796. The fourth-order valence-corrected chi connectivity index (χ4v) is 4.30. The van der Waals surface area contributed by atoms with Gasteiger partial charge >= 0.3 is 0 Å². The summed E-state index contributed by atoms with van der Waals surface area (Å²) in [5, 5.41) is 6.54. The van der Waals surface area contributed by atoms with Crippen LogP contribution in [0.25, 0.3) is 0 Å². The fourth-order valence-electron chi connectivity index (χ4n) is 3.37. The van der Waals surface area contributed by atoms with Crippen molar-refractivity contribution in [1.82, 2.24) is 20.4 Å². The first-order valence-electron chi connectivity index (χ1n) is 8.92. The van der Waals surface area contributed by atoms with Gasteiger partial charge in [-0.1, -0.05) is 30.3 Å². The number of thioether (sulfide) groups is 1. The number of hydrogen-bond acceptors (Lipinski definition) is 5. The van der Waals surface area contributed by atoms with E-state index >= 15 is 0 Å². The van der Waals surface area contributed by atoms with Gasteiger partial charge < -0.3 is 10.6 Å². The van der Waals surface area contributed by atoms with Crippen LogP contribution in [-0.2, 0) is 4.79 Å². The van der Waals surface area contributed by atoms with Crippen LogP contribution in [0.4, 0.5) is 0 Å². The zero-order valence-electron chi connectivity index (χ0n) is 14.2. The number of amides is 1. The minimum atomic E-state index is -0.157. The number of nitrogens with zero attached hydrogens (tertiary/aromatic N) is 2. The topological polar surface area (TPSA) is 47.6 Å². The van der Waals surface area contributed by atoms with E-state index in [1.807, 2.05) is 30.0 Å². The Labute approximate surface area is 149 Å². The first-order chi connectivity index (χ1) is 11.8. The maximum atomic E-state index is 12.9. The van der Waals surface area contributed by atoms with E-state index in [2.05, 4.69) is 32.6 Å². The van der Waals surface area contributed by atoms with Gasteiger partial charge in [0, 0.05) is 63.9 Å². The average molecular weight is 349 g/mol. The molecule has 0 aromatic heterocycles. The molecule has 24 heavy (non-hydrogen) atoms. The molecule has 2 N–H and O–H groups in total. The molecule has 1 unspecified atom stereocenters. The molecule has 2 saturated heterocycles. The van der Waals surface area contributed by atoms with Gasteiger partial charge in [0.2, 0.25) is 5.91 Å². The average Bonchev–Trinajstić information content (AvgIpc) is 2.65. The number of piperazine rings is 1. The molecular weight excluding hydrogens is 320 g/mol. The molecule has 1 aromatic carbocycles. The second-order valence-corrected chi connectivity index (χ2v) is 7.57. The number of rotatable bonds is 6. The van der Waals surface area contributed by atoms with Crippen LogP contribution in [-0.4, -0.2) is 79.6 Å². The Morgan fingerprint density at radius 2 is 1.83 bits per heavy atom. The van der Waals surface area contributed by atoms with Crippen molar-refractivity contribution in [2.75, 3.05) is 63.9 Å².